The summed E-state index contributed by atoms with van der Waals surface area (Å²) < 4.78 is 5.43. The number of morpholine rings is 1. The summed E-state index contributed by atoms with van der Waals surface area (Å²) in [5, 5.41) is 6.08. The molecular weight excluding hydrogens is 390 g/mol. The summed E-state index contributed by atoms with van der Waals surface area (Å²) in [5.74, 6) is -0.597. The van der Waals surface area contributed by atoms with Crippen LogP contribution in [0.1, 0.15) is 27.5 Å². The van der Waals surface area contributed by atoms with Gasteiger partial charge in [0.2, 0.25) is 5.91 Å². The maximum absolute atomic E-state index is 12.6. The van der Waals surface area contributed by atoms with Crippen LogP contribution < -0.4 is 15.5 Å². The molecule has 154 valence electrons. The number of hydrogen-bond donors (Lipinski definition) is 3. The van der Waals surface area contributed by atoms with E-state index in [1.54, 1.807) is 24.3 Å². The summed E-state index contributed by atoms with van der Waals surface area (Å²) in [5.41, 5.74) is 2.58. The fourth-order valence-electron chi connectivity index (χ4n) is 3.35. The molecule has 2 aromatic rings. The number of hydrogen-bond acceptors (Lipinski definition) is 3. The van der Waals surface area contributed by atoms with Crippen LogP contribution >= 0.6 is 11.6 Å². The second kappa shape index (κ2) is 10.4. The molecule has 3 N–H and O–H groups in total. The van der Waals surface area contributed by atoms with Crippen molar-refractivity contribution in [2.24, 2.45) is 0 Å². The molecule has 0 spiro atoms. The minimum atomic E-state index is -0.364. The minimum absolute atomic E-state index is 0.106. The van der Waals surface area contributed by atoms with Crippen LogP contribution in [0.2, 0.25) is 5.02 Å². The van der Waals surface area contributed by atoms with Gasteiger partial charge in [-0.15, -0.1) is 0 Å². The normalized spacial score (nSPS) is 15.5. The Balaban J connectivity index is 1.61. The summed E-state index contributed by atoms with van der Waals surface area (Å²) >= 11 is 6.05. The van der Waals surface area contributed by atoms with Crippen molar-refractivity contribution in [3.05, 3.63) is 70.2 Å². The smallest absolute Gasteiger partial charge is 0.253 e. The molecule has 0 radical (unpaired) electrons. The summed E-state index contributed by atoms with van der Waals surface area (Å²) in [4.78, 5) is 26.2. The Labute approximate surface area is 176 Å². The van der Waals surface area contributed by atoms with Gasteiger partial charge in [-0.1, -0.05) is 53.6 Å². The van der Waals surface area contributed by atoms with Gasteiger partial charge >= 0.3 is 0 Å². The summed E-state index contributed by atoms with van der Waals surface area (Å²) in [7, 11) is 0. The number of ether oxygens (including phenoxy) is 1. The summed E-state index contributed by atoms with van der Waals surface area (Å²) in [6.45, 7) is 6.01. The number of halogens is 1. The molecule has 0 saturated carbocycles. The van der Waals surface area contributed by atoms with Crippen LogP contribution in [0, 0.1) is 6.92 Å². The number of rotatable bonds is 7. The topological polar surface area (TPSA) is 71.9 Å². The van der Waals surface area contributed by atoms with Crippen LogP contribution in [-0.4, -0.2) is 51.2 Å². The van der Waals surface area contributed by atoms with Crippen molar-refractivity contribution in [2.45, 2.75) is 13.0 Å². The van der Waals surface area contributed by atoms with Crippen molar-refractivity contribution in [3.63, 3.8) is 0 Å². The fraction of sp³-hybridized carbons (Fsp3) is 0.364. The molecule has 7 heteroatoms. The van der Waals surface area contributed by atoms with Gasteiger partial charge in [-0.2, -0.15) is 0 Å². The van der Waals surface area contributed by atoms with Crippen LogP contribution in [-0.2, 0) is 9.53 Å². The Morgan fingerprint density at radius 1 is 1.10 bits per heavy atom. The van der Waals surface area contributed by atoms with Gasteiger partial charge in [-0.05, 0) is 24.6 Å². The lowest BCUT2D eigenvalue weighted by Gasteiger charge is -2.28. The molecule has 1 fully saturated rings. The molecule has 29 heavy (non-hydrogen) atoms. The number of quaternary nitrogens is 1. The number of carbonyl (C=O) groups excluding carboxylic acids is 2. The SMILES string of the molecule is Cc1ccc([C@H](C[NH+]2CCOCC2)NC(=O)CNC(=O)c2ccccc2Cl)cc1. The third kappa shape index (κ3) is 6.29. The lowest BCUT2D eigenvalue weighted by molar-refractivity contribution is -0.909. The molecule has 1 heterocycles. The molecule has 1 atom stereocenters. The predicted molar refractivity (Wildman–Crippen MR) is 112 cm³/mol. The molecule has 0 bridgehead atoms. The van der Waals surface area contributed by atoms with Gasteiger partial charge in [-0.3, -0.25) is 9.59 Å². The van der Waals surface area contributed by atoms with Crippen LogP contribution in [0.25, 0.3) is 0 Å². The number of benzene rings is 2. The van der Waals surface area contributed by atoms with Crippen molar-refractivity contribution in [1.29, 1.82) is 0 Å². The molecule has 0 aromatic heterocycles. The Bertz CT molecular complexity index is 835. The highest BCUT2D eigenvalue weighted by Crippen LogP contribution is 2.15. The third-order valence-corrected chi connectivity index (χ3v) is 5.37. The van der Waals surface area contributed by atoms with E-state index < -0.39 is 0 Å². The largest absolute Gasteiger partial charge is 0.370 e. The molecule has 0 unspecified atom stereocenters. The molecule has 2 aromatic carbocycles. The second-order valence-electron chi connectivity index (χ2n) is 7.26. The molecule has 1 aliphatic heterocycles. The first kappa shape index (κ1) is 21.3. The standard InChI is InChI=1S/C22H26ClN3O3/c1-16-6-8-17(9-7-16)20(15-26-10-12-29-13-11-26)25-21(27)14-24-22(28)18-4-2-3-5-19(18)23/h2-9,20H,10-15H2,1H3,(H,24,28)(H,25,27)/p+1/t20-/m0/s1. The zero-order valence-corrected chi connectivity index (χ0v) is 17.3. The van der Waals surface area contributed by atoms with Gasteiger partial charge in [0, 0.05) is 0 Å². The molecular formula is C22H27ClN3O3+. The Morgan fingerprint density at radius 3 is 2.48 bits per heavy atom. The van der Waals surface area contributed by atoms with E-state index in [-0.39, 0.29) is 24.4 Å². The van der Waals surface area contributed by atoms with Gasteiger partial charge in [-0.25, -0.2) is 0 Å². The lowest BCUT2D eigenvalue weighted by atomic mass is 10.0. The van der Waals surface area contributed by atoms with E-state index in [0.717, 1.165) is 38.4 Å². The molecule has 6 nitrogen and oxygen atoms in total. The van der Waals surface area contributed by atoms with Crippen molar-refractivity contribution < 1.29 is 19.2 Å². The summed E-state index contributed by atoms with van der Waals surface area (Å²) in [6.07, 6.45) is 0. The number of aryl methyl sites for hydroxylation is 1. The van der Waals surface area contributed by atoms with E-state index in [2.05, 4.69) is 10.6 Å². The highest BCUT2D eigenvalue weighted by molar-refractivity contribution is 6.33. The van der Waals surface area contributed by atoms with Crippen LogP contribution in [0.4, 0.5) is 0 Å². The first-order chi connectivity index (χ1) is 14.0. The van der Waals surface area contributed by atoms with E-state index >= 15 is 0 Å². The molecule has 1 saturated heterocycles. The maximum Gasteiger partial charge on any atom is 0.253 e. The zero-order valence-electron chi connectivity index (χ0n) is 16.5. The van der Waals surface area contributed by atoms with E-state index in [9.17, 15) is 9.59 Å². The van der Waals surface area contributed by atoms with Gasteiger partial charge in [0.15, 0.2) is 0 Å². The molecule has 0 aliphatic carbocycles. The van der Waals surface area contributed by atoms with Crippen molar-refractivity contribution >= 4 is 23.4 Å². The maximum atomic E-state index is 12.6. The van der Waals surface area contributed by atoms with Gasteiger partial charge in [0.05, 0.1) is 30.3 Å². The highest BCUT2D eigenvalue weighted by Gasteiger charge is 2.23. The average Bonchev–Trinajstić information content (AvgIpc) is 2.73. The number of carbonyl (C=O) groups is 2. The molecule has 3 rings (SSSR count). The molecule has 2 amide bonds. The van der Waals surface area contributed by atoms with E-state index in [1.807, 2.05) is 31.2 Å². The predicted octanol–water partition coefficient (Wildman–Crippen LogP) is 1.15. The third-order valence-electron chi connectivity index (χ3n) is 5.04. The quantitative estimate of drug-likeness (QED) is 0.634. The van der Waals surface area contributed by atoms with Crippen molar-refractivity contribution in [2.75, 3.05) is 39.4 Å². The first-order valence-electron chi connectivity index (χ1n) is 9.83. The van der Waals surface area contributed by atoms with Crippen LogP contribution in [0.5, 0.6) is 0 Å². The summed E-state index contributed by atoms with van der Waals surface area (Å²) in [6, 6.07) is 14.8. The second-order valence-corrected chi connectivity index (χ2v) is 7.67. The van der Waals surface area contributed by atoms with Crippen molar-refractivity contribution in [3.8, 4) is 0 Å². The van der Waals surface area contributed by atoms with Crippen LogP contribution in [0.3, 0.4) is 0 Å². The Morgan fingerprint density at radius 2 is 1.79 bits per heavy atom. The lowest BCUT2D eigenvalue weighted by Crippen LogP contribution is -3.14. The van der Waals surface area contributed by atoms with E-state index in [1.165, 1.54) is 10.5 Å². The van der Waals surface area contributed by atoms with E-state index in [0.29, 0.717) is 10.6 Å². The number of amides is 2. The highest BCUT2D eigenvalue weighted by atomic mass is 35.5. The van der Waals surface area contributed by atoms with Gasteiger partial charge in [0.1, 0.15) is 25.7 Å². The number of nitrogens with one attached hydrogen (secondary N) is 3. The molecule has 1 aliphatic rings. The van der Waals surface area contributed by atoms with Crippen molar-refractivity contribution in [1.82, 2.24) is 10.6 Å². The zero-order chi connectivity index (χ0) is 20.6. The van der Waals surface area contributed by atoms with Crippen LogP contribution in [0.15, 0.2) is 48.5 Å². The Hall–Kier alpha value is -2.41. The average molecular weight is 417 g/mol. The van der Waals surface area contributed by atoms with E-state index in [4.69, 9.17) is 16.3 Å². The Kier molecular flexibility index (Phi) is 7.63. The van der Waals surface area contributed by atoms with Gasteiger partial charge < -0.3 is 20.3 Å². The fourth-order valence-corrected chi connectivity index (χ4v) is 3.57. The first-order valence-corrected chi connectivity index (χ1v) is 10.2. The van der Waals surface area contributed by atoms with Gasteiger partial charge in [0.25, 0.3) is 5.91 Å². The monoisotopic (exact) mass is 416 g/mol. The minimum Gasteiger partial charge on any atom is -0.370 e.